The lowest BCUT2D eigenvalue weighted by Crippen LogP contribution is -2.09. The lowest BCUT2D eigenvalue weighted by molar-refractivity contribution is 0.102. The van der Waals surface area contributed by atoms with Crippen molar-refractivity contribution in [3.63, 3.8) is 0 Å². The molecule has 5 nitrogen and oxygen atoms in total. The number of aryl methyl sites for hydroxylation is 1. The Bertz CT molecular complexity index is 925. The van der Waals surface area contributed by atoms with Gasteiger partial charge in [0.2, 0.25) is 0 Å². The van der Waals surface area contributed by atoms with Gasteiger partial charge < -0.3 is 4.74 Å². The van der Waals surface area contributed by atoms with E-state index in [1.54, 1.807) is 7.11 Å². The van der Waals surface area contributed by atoms with Crippen LogP contribution in [0.1, 0.15) is 15.9 Å². The SMILES string of the molecule is COCCn1c(SCC(=O)c2ccc(Br)cc2)nnc1-c1cccc(C)c1. The summed E-state index contributed by atoms with van der Waals surface area (Å²) in [6.45, 7) is 3.22. The molecule has 7 heteroatoms. The molecule has 140 valence electrons. The zero-order valence-corrected chi connectivity index (χ0v) is 17.6. The van der Waals surface area contributed by atoms with Crippen LogP contribution in [0.15, 0.2) is 58.2 Å². The number of ether oxygens (including phenoxy) is 1. The molecule has 0 saturated heterocycles. The van der Waals surface area contributed by atoms with Crippen LogP contribution in [0.4, 0.5) is 0 Å². The zero-order valence-electron chi connectivity index (χ0n) is 15.2. The van der Waals surface area contributed by atoms with Crippen molar-refractivity contribution < 1.29 is 9.53 Å². The summed E-state index contributed by atoms with van der Waals surface area (Å²) in [7, 11) is 1.67. The van der Waals surface area contributed by atoms with Crippen molar-refractivity contribution >= 4 is 33.5 Å². The second kappa shape index (κ2) is 9.30. The standard InChI is InChI=1S/C20H20BrN3O2S/c1-14-4-3-5-16(12-14)19-22-23-20(24(19)10-11-26-2)27-13-18(25)15-6-8-17(21)9-7-15/h3-9,12H,10-11,13H2,1-2H3. The van der Waals surface area contributed by atoms with Gasteiger partial charge in [-0.1, -0.05) is 63.6 Å². The van der Waals surface area contributed by atoms with E-state index in [2.05, 4.69) is 32.2 Å². The van der Waals surface area contributed by atoms with E-state index >= 15 is 0 Å². The number of Topliss-reactive ketones (excluding diaryl/α,β-unsaturated/α-hetero) is 1. The molecule has 27 heavy (non-hydrogen) atoms. The van der Waals surface area contributed by atoms with Crippen molar-refractivity contribution in [2.45, 2.75) is 18.6 Å². The quantitative estimate of drug-likeness (QED) is 0.373. The van der Waals surface area contributed by atoms with Crippen LogP contribution in [0.2, 0.25) is 0 Å². The van der Waals surface area contributed by atoms with Crippen LogP contribution in [-0.2, 0) is 11.3 Å². The van der Waals surface area contributed by atoms with Crippen molar-refractivity contribution in [1.29, 1.82) is 0 Å². The minimum absolute atomic E-state index is 0.0610. The number of carbonyl (C=O) groups is 1. The third kappa shape index (κ3) is 5.06. The maximum atomic E-state index is 12.5. The molecule has 1 aromatic heterocycles. The van der Waals surface area contributed by atoms with Gasteiger partial charge in [-0.3, -0.25) is 9.36 Å². The summed E-state index contributed by atoms with van der Waals surface area (Å²) < 4.78 is 8.20. The normalized spacial score (nSPS) is 10.9. The summed E-state index contributed by atoms with van der Waals surface area (Å²) in [5.74, 6) is 1.15. The lowest BCUT2D eigenvalue weighted by atomic mass is 10.1. The third-order valence-electron chi connectivity index (χ3n) is 4.01. The van der Waals surface area contributed by atoms with Crippen LogP contribution in [0.25, 0.3) is 11.4 Å². The average molecular weight is 446 g/mol. The van der Waals surface area contributed by atoms with Crippen molar-refractivity contribution in [3.8, 4) is 11.4 Å². The third-order valence-corrected chi connectivity index (χ3v) is 5.51. The Hall–Kier alpha value is -1.96. The highest BCUT2D eigenvalue weighted by Gasteiger charge is 2.16. The van der Waals surface area contributed by atoms with Crippen LogP contribution in [-0.4, -0.2) is 40.0 Å². The molecule has 0 aliphatic carbocycles. The predicted octanol–water partition coefficient (Wildman–Crippen LogP) is 4.64. The van der Waals surface area contributed by atoms with Gasteiger partial charge in [0.15, 0.2) is 16.8 Å². The van der Waals surface area contributed by atoms with Gasteiger partial charge >= 0.3 is 0 Å². The van der Waals surface area contributed by atoms with E-state index in [1.165, 1.54) is 11.8 Å². The smallest absolute Gasteiger partial charge is 0.192 e. The van der Waals surface area contributed by atoms with Crippen LogP contribution in [0.3, 0.4) is 0 Å². The first kappa shape index (κ1) is 19.8. The van der Waals surface area contributed by atoms with E-state index in [1.807, 2.05) is 54.0 Å². The van der Waals surface area contributed by atoms with Crippen molar-refractivity contribution in [3.05, 3.63) is 64.1 Å². The second-order valence-corrected chi connectivity index (χ2v) is 7.90. The highest BCUT2D eigenvalue weighted by atomic mass is 79.9. The fraction of sp³-hybridized carbons (Fsp3) is 0.250. The van der Waals surface area contributed by atoms with Crippen LogP contribution in [0.5, 0.6) is 0 Å². The number of hydrogen-bond acceptors (Lipinski definition) is 5. The Kier molecular flexibility index (Phi) is 6.82. The number of thioether (sulfide) groups is 1. The van der Waals surface area contributed by atoms with Crippen LogP contribution < -0.4 is 0 Å². The summed E-state index contributed by atoms with van der Waals surface area (Å²) in [5.41, 5.74) is 2.85. The number of benzene rings is 2. The molecule has 1 heterocycles. The van der Waals surface area contributed by atoms with E-state index in [0.29, 0.717) is 29.6 Å². The zero-order chi connectivity index (χ0) is 19.2. The number of halogens is 1. The van der Waals surface area contributed by atoms with Crippen molar-refractivity contribution in [2.75, 3.05) is 19.5 Å². The number of carbonyl (C=O) groups excluding carboxylic acids is 1. The summed E-state index contributed by atoms with van der Waals surface area (Å²) in [6, 6.07) is 15.5. The number of nitrogens with zero attached hydrogens (tertiary/aromatic N) is 3. The number of ketones is 1. The highest BCUT2D eigenvalue weighted by molar-refractivity contribution is 9.10. The first-order chi connectivity index (χ1) is 13.1. The van der Waals surface area contributed by atoms with Gasteiger partial charge in [-0.05, 0) is 25.1 Å². The highest BCUT2D eigenvalue weighted by Crippen LogP contribution is 2.25. The molecule has 3 rings (SSSR count). The first-order valence-corrected chi connectivity index (χ1v) is 10.3. The molecule has 0 amide bonds. The van der Waals surface area contributed by atoms with Gasteiger partial charge in [-0.25, -0.2) is 0 Å². The van der Waals surface area contributed by atoms with E-state index < -0.39 is 0 Å². The van der Waals surface area contributed by atoms with Gasteiger partial charge in [-0.2, -0.15) is 0 Å². The largest absolute Gasteiger partial charge is 0.383 e. The molecule has 0 spiro atoms. The van der Waals surface area contributed by atoms with Gasteiger partial charge in [0.05, 0.1) is 18.9 Å². The Balaban J connectivity index is 1.80. The molecule has 0 fully saturated rings. The number of hydrogen-bond donors (Lipinski definition) is 0. The maximum Gasteiger partial charge on any atom is 0.192 e. The fourth-order valence-electron chi connectivity index (χ4n) is 2.63. The van der Waals surface area contributed by atoms with Crippen LogP contribution >= 0.6 is 27.7 Å². The minimum atomic E-state index is 0.0610. The molecule has 0 aliphatic heterocycles. The average Bonchev–Trinajstić information content (AvgIpc) is 3.07. The lowest BCUT2D eigenvalue weighted by Gasteiger charge is -2.10. The number of rotatable bonds is 8. The summed E-state index contributed by atoms with van der Waals surface area (Å²) in [6.07, 6.45) is 0. The van der Waals surface area contributed by atoms with E-state index in [-0.39, 0.29) is 5.78 Å². The molecular formula is C20H20BrN3O2S. The molecule has 3 aromatic rings. The van der Waals surface area contributed by atoms with Gasteiger partial charge in [0.25, 0.3) is 0 Å². The molecule has 0 saturated carbocycles. The van der Waals surface area contributed by atoms with E-state index in [4.69, 9.17) is 4.74 Å². The molecule has 2 aromatic carbocycles. The number of methoxy groups -OCH3 is 1. The first-order valence-electron chi connectivity index (χ1n) is 8.49. The predicted molar refractivity (Wildman–Crippen MR) is 111 cm³/mol. The maximum absolute atomic E-state index is 12.5. The van der Waals surface area contributed by atoms with Gasteiger partial charge in [0, 0.05) is 22.7 Å². The van der Waals surface area contributed by atoms with Crippen molar-refractivity contribution in [2.24, 2.45) is 0 Å². The molecule has 0 atom stereocenters. The minimum Gasteiger partial charge on any atom is -0.383 e. The Morgan fingerprint density at radius 3 is 2.67 bits per heavy atom. The van der Waals surface area contributed by atoms with E-state index in [9.17, 15) is 4.79 Å². The Morgan fingerprint density at radius 1 is 1.19 bits per heavy atom. The summed E-state index contributed by atoms with van der Waals surface area (Å²) >= 11 is 4.78. The molecule has 0 bridgehead atoms. The second-order valence-electron chi connectivity index (χ2n) is 6.04. The van der Waals surface area contributed by atoms with Crippen LogP contribution in [0, 0.1) is 6.92 Å². The molecule has 0 aliphatic rings. The molecular weight excluding hydrogens is 426 g/mol. The Labute approximate surface area is 171 Å². The summed E-state index contributed by atoms with van der Waals surface area (Å²) in [4.78, 5) is 12.5. The van der Waals surface area contributed by atoms with Crippen molar-refractivity contribution in [1.82, 2.24) is 14.8 Å². The number of aromatic nitrogens is 3. The Morgan fingerprint density at radius 2 is 1.96 bits per heavy atom. The van der Waals surface area contributed by atoms with Gasteiger partial charge in [-0.15, -0.1) is 10.2 Å². The van der Waals surface area contributed by atoms with Gasteiger partial charge in [0.1, 0.15) is 0 Å². The topological polar surface area (TPSA) is 57.0 Å². The molecule has 0 N–H and O–H groups in total. The molecule has 0 unspecified atom stereocenters. The van der Waals surface area contributed by atoms with E-state index in [0.717, 1.165) is 21.4 Å². The molecule has 0 radical (unpaired) electrons. The summed E-state index contributed by atoms with van der Waals surface area (Å²) in [5, 5.41) is 9.39. The monoisotopic (exact) mass is 445 g/mol. The fourth-order valence-corrected chi connectivity index (χ4v) is 3.75.